The Morgan fingerprint density at radius 3 is 2.74 bits per heavy atom. The molecule has 2 aromatic carbocycles. The van der Waals surface area contributed by atoms with E-state index in [2.05, 4.69) is 4.98 Å². The van der Waals surface area contributed by atoms with Gasteiger partial charge in [-0.15, -0.1) is 0 Å². The van der Waals surface area contributed by atoms with E-state index in [9.17, 15) is 9.90 Å². The molecule has 4 rings (SSSR count). The first-order valence-corrected chi connectivity index (χ1v) is 7.26. The monoisotopic (exact) mass is 303 g/mol. The molecular weight excluding hydrogens is 290 g/mol. The average Bonchev–Trinajstić information content (AvgIpc) is 2.54. The third kappa shape index (κ3) is 2.16. The number of hydrogen-bond acceptors (Lipinski definition) is 4. The Kier molecular flexibility index (Phi) is 2.91. The topological polar surface area (TPSA) is 63.3 Å². The number of hydrogen-bond donors (Lipinski definition) is 1. The van der Waals surface area contributed by atoms with Crippen LogP contribution in [0.2, 0.25) is 0 Å². The molecule has 0 unspecified atom stereocenters. The second kappa shape index (κ2) is 4.95. The molecule has 0 saturated heterocycles. The van der Waals surface area contributed by atoms with E-state index in [4.69, 9.17) is 4.42 Å². The van der Waals surface area contributed by atoms with Gasteiger partial charge in [0.15, 0.2) is 0 Å². The highest BCUT2D eigenvalue weighted by Gasteiger charge is 2.15. The highest BCUT2D eigenvalue weighted by atomic mass is 16.3. The van der Waals surface area contributed by atoms with Crippen molar-refractivity contribution in [2.45, 2.75) is 6.92 Å². The maximum atomic E-state index is 12.8. The number of phenols is 1. The maximum Gasteiger partial charge on any atom is 0.202 e. The van der Waals surface area contributed by atoms with E-state index >= 15 is 0 Å². The summed E-state index contributed by atoms with van der Waals surface area (Å²) < 4.78 is 5.72. The smallest absolute Gasteiger partial charge is 0.202 e. The number of nitrogens with zero attached hydrogens (tertiary/aromatic N) is 1. The minimum atomic E-state index is -0.147. The second-order valence-electron chi connectivity index (χ2n) is 5.43. The second-order valence-corrected chi connectivity index (χ2v) is 5.43. The number of aryl methyl sites for hydroxylation is 1. The van der Waals surface area contributed by atoms with Crippen LogP contribution in [0.1, 0.15) is 5.76 Å². The highest BCUT2D eigenvalue weighted by molar-refractivity contribution is 5.85. The number of aromatic nitrogens is 1. The molecule has 4 nitrogen and oxygen atoms in total. The van der Waals surface area contributed by atoms with Crippen molar-refractivity contribution in [2.24, 2.45) is 0 Å². The summed E-state index contributed by atoms with van der Waals surface area (Å²) in [7, 11) is 0. The third-order valence-electron chi connectivity index (χ3n) is 3.91. The predicted octanol–water partition coefficient (Wildman–Crippen LogP) is 4.02. The largest absolute Gasteiger partial charge is 0.508 e. The summed E-state index contributed by atoms with van der Waals surface area (Å²) >= 11 is 0. The zero-order valence-electron chi connectivity index (χ0n) is 12.4. The van der Waals surface area contributed by atoms with E-state index in [1.54, 1.807) is 13.0 Å². The molecule has 112 valence electrons. The Balaban J connectivity index is 2.03. The fourth-order valence-electron chi connectivity index (χ4n) is 2.80. The van der Waals surface area contributed by atoms with Crippen LogP contribution in [-0.2, 0) is 0 Å². The lowest BCUT2D eigenvalue weighted by molar-refractivity contribution is 0.473. The molecule has 0 fully saturated rings. The van der Waals surface area contributed by atoms with Gasteiger partial charge in [-0.1, -0.05) is 24.3 Å². The van der Waals surface area contributed by atoms with Gasteiger partial charge < -0.3 is 9.52 Å². The van der Waals surface area contributed by atoms with Gasteiger partial charge in [-0.25, -0.2) is 4.98 Å². The molecule has 0 atom stereocenters. The summed E-state index contributed by atoms with van der Waals surface area (Å²) in [6.07, 6.45) is 0. The van der Waals surface area contributed by atoms with E-state index < -0.39 is 0 Å². The average molecular weight is 303 g/mol. The number of benzene rings is 2. The number of fused-ring (bicyclic) bond motifs is 2. The normalized spacial score (nSPS) is 11.2. The van der Waals surface area contributed by atoms with Crippen molar-refractivity contribution in [3.63, 3.8) is 0 Å². The van der Waals surface area contributed by atoms with E-state index in [1.807, 2.05) is 36.4 Å². The number of pyridine rings is 1. The van der Waals surface area contributed by atoms with Gasteiger partial charge in [-0.3, -0.25) is 4.79 Å². The van der Waals surface area contributed by atoms with E-state index in [0.717, 1.165) is 10.9 Å². The van der Waals surface area contributed by atoms with Crippen molar-refractivity contribution in [1.29, 1.82) is 0 Å². The van der Waals surface area contributed by atoms with Crippen LogP contribution in [0.3, 0.4) is 0 Å². The van der Waals surface area contributed by atoms with Gasteiger partial charge in [0, 0.05) is 11.5 Å². The van der Waals surface area contributed by atoms with Crippen LogP contribution >= 0.6 is 0 Å². The van der Waals surface area contributed by atoms with Gasteiger partial charge in [-0.05, 0) is 31.2 Å². The molecule has 23 heavy (non-hydrogen) atoms. The summed E-state index contributed by atoms with van der Waals surface area (Å²) in [6.45, 7) is 1.73. The van der Waals surface area contributed by atoms with Crippen molar-refractivity contribution < 1.29 is 9.52 Å². The molecule has 0 aliphatic carbocycles. The molecule has 2 aromatic heterocycles. The molecule has 4 heteroatoms. The van der Waals surface area contributed by atoms with Gasteiger partial charge in [0.25, 0.3) is 0 Å². The summed E-state index contributed by atoms with van der Waals surface area (Å²) in [5.74, 6) is 0.549. The maximum absolute atomic E-state index is 12.8. The van der Waals surface area contributed by atoms with Crippen LogP contribution in [0.25, 0.3) is 33.1 Å². The van der Waals surface area contributed by atoms with Crippen LogP contribution in [0.5, 0.6) is 5.75 Å². The fraction of sp³-hybridized carbons (Fsp3) is 0.0526. The van der Waals surface area contributed by atoms with Crippen molar-refractivity contribution in [2.75, 3.05) is 0 Å². The Morgan fingerprint density at radius 1 is 1.04 bits per heavy atom. The third-order valence-corrected chi connectivity index (χ3v) is 3.91. The first kappa shape index (κ1) is 13.5. The summed E-state index contributed by atoms with van der Waals surface area (Å²) in [6, 6.07) is 16.0. The van der Waals surface area contributed by atoms with Crippen molar-refractivity contribution in [3.8, 4) is 17.0 Å². The summed E-state index contributed by atoms with van der Waals surface area (Å²) in [5.41, 5.74) is 2.09. The standard InChI is InChI=1S/C19H13NO3/c1-11-18(16-9-6-12-4-2-3-5-15(12)20-16)19(22)14-8-7-13(21)10-17(14)23-11/h2-10,21H,1H3. The molecule has 0 aliphatic rings. The van der Waals surface area contributed by atoms with Gasteiger partial charge in [0.2, 0.25) is 5.43 Å². The minimum absolute atomic E-state index is 0.0663. The van der Waals surface area contributed by atoms with Gasteiger partial charge in [0.05, 0.1) is 22.2 Å². The number of rotatable bonds is 1. The lowest BCUT2D eigenvalue weighted by Crippen LogP contribution is -2.08. The SMILES string of the molecule is Cc1oc2cc(O)ccc2c(=O)c1-c1ccc2ccccc2n1. The Bertz CT molecular complexity index is 1110. The zero-order chi connectivity index (χ0) is 16.0. The van der Waals surface area contributed by atoms with Crippen LogP contribution in [0.4, 0.5) is 0 Å². The first-order valence-electron chi connectivity index (χ1n) is 7.26. The Morgan fingerprint density at radius 2 is 1.87 bits per heavy atom. The molecule has 1 N–H and O–H groups in total. The Hall–Kier alpha value is -3.14. The van der Waals surface area contributed by atoms with E-state index in [0.29, 0.717) is 28.0 Å². The molecule has 2 heterocycles. The molecule has 0 amide bonds. The fourth-order valence-corrected chi connectivity index (χ4v) is 2.80. The number of para-hydroxylation sites is 1. The summed E-state index contributed by atoms with van der Waals surface area (Å²) in [4.78, 5) is 17.4. The molecule has 0 spiro atoms. The zero-order valence-corrected chi connectivity index (χ0v) is 12.4. The first-order chi connectivity index (χ1) is 11.1. The molecule has 0 aliphatic heterocycles. The molecule has 0 saturated carbocycles. The minimum Gasteiger partial charge on any atom is -0.508 e. The van der Waals surface area contributed by atoms with Crippen LogP contribution in [0.15, 0.2) is 63.8 Å². The lowest BCUT2D eigenvalue weighted by Gasteiger charge is -2.07. The molecule has 4 aromatic rings. The lowest BCUT2D eigenvalue weighted by atomic mass is 10.1. The number of aromatic hydroxyl groups is 1. The van der Waals surface area contributed by atoms with Gasteiger partial charge in [-0.2, -0.15) is 0 Å². The van der Waals surface area contributed by atoms with Crippen molar-refractivity contribution in [3.05, 3.63) is 70.6 Å². The summed E-state index contributed by atoms with van der Waals surface area (Å²) in [5, 5.41) is 11.0. The molecular formula is C19H13NO3. The van der Waals surface area contributed by atoms with Crippen LogP contribution in [-0.4, -0.2) is 10.1 Å². The van der Waals surface area contributed by atoms with E-state index in [-0.39, 0.29) is 11.2 Å². The van der Waals surface area contributed by atoms with E-state index in [1.165, 1.54) is 12.1 Å². The van der Waals surface area contributed by atoms with Gasteiger partial charge in [0.1, 0.15) is 17.1 Å². The van der Waals surface area contributed by atoms with Crippen LogP contribution < -0.4 is 5.43 Å². The molecule has 0 radical (unpaired) electrons. The van der Waals surface area contributed by atoms with Gasteiger partial charge >= 0.3 is 0 Å². The molecule has 0 bridgehead atoms. The quantitative estimate of drug-likeness (QED) is 0.577. The van der Waals surface area contributed by atoms with Crippen molar-refractivity contribution >= 4 is 21.9 Å². The highest BCUT2D eigenvalue weighted by Crippen LogP contribution is 2.26. The van der Waals surface area contributed by atoms with Crippen molar-refractivity contribution in [1.82, 2.24) is 4.98 Å². The Labute approximate surface area is 131 Å². The number of phenolic OH excluding ortho intramolecular Hbond substituents is 1. The van der Waals surface area contributed by atoms with Crippen LogP contribution in [0, 0.1) is 6.92 Å². The predicted molar refractivity (Wildman–Crippen MR) is 89.6 cm³/mol.